The zero-order chi connectivity index (χ0) is 14.2. The molecule has 0 unspecified atom stereocenters. The molecule has 0 saturated carbocycles. The van der Waals surface area contributed by atoms with Crippen LogP contribution in [0.2, 0.25) is 0 Å². The van der Waals surface area contributed by atoms with E-state index in [-0.39, 0.29) is 21.9 Å². The summed E-state index contributed by atoms with van der Waals surface area (Å²) in [6.07, 6.45) is 1.16. The van der Waals surface area contributed by atoms with Crippen molar-refractivity contribution < 1.29 is 23.1 Å². The fraction of sp³-hybridized carbons (Fsp3) is 0.364. The first kappa shape index (κ1) is 13.6. The molecule has 0 radical (unpaired) electrons. The number of nitrogen functional groups attached to an aromatic ring is 1. The first-order chi connectivity index (χ1) is 8.88. The molecule has 1 aliphatic heterocycles. The molecule has 0 fully saturated rings. The standard InChI is InChI=1S/C11H14N2O5S/c1-13-19(16,17)8-5-7(11(14)15)10-6(9(8)12)3-2-4-18-10/h5,13H,2-4,12H2,1H3,(H,14,15). The van der Waals surface area contributed by atoms with Gasteiger partial charge in [-0.25, -0.2) is 17.9 Å². The minimum Gasteiger partial charge on any atom is -0.492 e. The van der Waals surface area contributed by atoms with E-state index in [1.54, 1.807) is 0 Å². The third-order valence-electron chi connectivity index (χ3n) is 2.99. The molecule has 19 heavy (non-hydrogen) atoms. The summed E-state index contributed by atoms with van der Waals surface area (Å²) in [5.41, 5.74) is 6.15. The SMILES string of the molecule is CNS(=O)(=O)c1cc(C(=O)O)c2c(c1N)CCCO2. The molecule has 0 aromatic heterocycles. The van der Waals surface area contributed by atoms with Crippen LogP contribution in [0.4, 0.5) is 5.69 Å². The van der Waals surface area contributed by atoms with Crippen LogP contribution >= 0.6 is 0 Å². The van der Waals surface area contributed by atoms with Gasteiger partial charge in [0.05, 0.1) is 12.3 Å². The number of hydrogen-bond acceptors (Lipinski definition) is 5. The van der Waals surface area contributed by atoms with Gasteiger partial charge in [-0.2, -0.15) is 0 Å². The van der Waals surface area contributed by atoms with Crippen molar-refractivity contribution in [3.63, 3.8) is 0 Å². The molecular formula is C11H14N2O5S. The number of rotatable bonds is 3. The highest BCUT2D eigenvalue weighted by molar-refractivity contribution is 7.89. The van der Waals surface area contributed by atoms with E-state index in [0.29, 0.717) is 25.0 Å². The zero-order valence-electron chi connectivity index (χ0n) is 10.3. The van der Waals surface area contributed by atoms with Crippen molar-refractivity contribution in [2.75, 3.05) is 19.4 Å². The van der Waals surface area contributed by atoms with Gasteiger partial charge < -0.3 is 15.6 Å². The summed E-state index contributed by atoms with van der Waals surface area (Å²) in [5, 5.41) is 9.16. The average molecular weight is 286 g/mol. The number of benzene rings is 1. The second-order valence-corrected chi connectivity index (χ2v) is 5.96. The molecule has 4 N–H and O–H groups in total. The number of ether oxygens (including phenoxy) is 1. The van der Waals surface area contributed by atoms with Gasteiger partial charge in [-0.05, 0) is 26.0 Å². The number of carbonyl (C=O) groups is 1. The van der Waals surface area contributed by atoms with Crippen LogP contribution in [-0.2, 0) is 16.4 Å². The minimum absolute atomic E-state index is 0.0500. The predicted octanol–water partition coefficient (Wildman–Crippen LogP) is 0.200. The first-order valence-corrected chi connectivity index (χ1v) is 7.11. The van der Waals surface area contributed by atoms with Crippen LogP contribution in [0.15, 0.2) is 11.0 Å². The number of hydrogen-bond donors (Lipinski definition) is 3. The summed E-state index contributed by atoms with van der Waals surface area (Å²) in [4.78, 5) is 11.0. The molecule has 1 heterocycles. The van der Waals surface area contributed by atoms with E-state index in [9.17, 15) is 13.2 Å². The van der Waals surface area contributed by atoms with Crippen LogP contribution in [0.3, 0.4) is 0 Å². The summed E-state index contributed by atoms with van der Waals surface area (Å²) >= 11 is 0. The van der Waals surface area contributed by atoms with Gasteiger partial charge in [0.15, 0.2) is 0 Å². The van der Waals surface area contributed by atoms with Crippen LogP contribution in [0.1, 0.15) is 22.3 Å². The first-order valence-electron chi connectivity index (χ1n) is 5.63. The van der Waals surface area contributed by atoms with E-state index in [2.05, 4.69) is 4.72 Å². The largest absolute Gasteiger partial charge is 0.492 e. The maximum absolute atomic E-state index is 11.9. The van der Waals surface area contributed by atoms with E-state index in [1.165, 1.54) is 7.05 Å². The minimum atomic E-state index is -3.81. The van der Waals surface area contributed by atoms with Gasteiger partial charge in [-0.3, -0.25) is 0 Å². The highest BCUT2D eigenvalue weighted by Crippen LogP contribution is 2.37. The van der Waals surface area contributed by atoms with E-state index in [1.807, 2.05) is 0 Å². The van der Waals surface area contributed by atoms with Crippen molar-refractivity contribution >= 4 is 21.7 Å². The van der Waals surface area contributed by atoms with Gasteiger partial charge >= 0.3 is 5.97 Å². The Bertz CT molecular complexity index is 639. The third-order valence-corrected chi connectivity index (χ3v) is 4.45. The Morgan fingerprint density at radius 1 is 1.53 bits per heavy atom. The molecule has 8 heteroatoms. The summed E-state index contributed by atoms with van der Waals surface area (Å²) in [6.45, 7) is 0.394. The maximum atomic E-state index is 11.9. The fourth-order valence-electron chi connectivity index (χ4n) is 2.04. The number of carboxylic acid groups (broad SMARTS) is 1. The molecule has 0 bridgehead atoms. The van der Waals surface area contributed by atoms with Crippen LogP contribution in [0.25, 0.3) is 0 Å². The lowest BCUT2D eigenvalue weighted by Crippen LogP contribution is -2.23. The molecule has 7 nitrogen and oxygen atoms in total. The zero-order valence-corrected chi connectivity index (χ0v) is 11.1. The van der Waals surface area contributed by atoms with Gasteiger partial charge in [0.25, 0.3) is 0 Å². The molecule has 0 atom stereocenters. The molecular weight excluding hydrogens is 272 g/mol. The van der Waals surface area contributed by atoms with E-state index in [0.717, 1.165) is 6.07 Å². The molecule has 0 amide bonds. The molecule has 2 rings (SSSR count). The summed E-state index contributed by atoms with van der Waals surface area (Å²) in [7, 11) is -2.57. The number of aromatic carboxylic acids is 1. The molecule has 1 aliphatic rings. The summed E-state index contributed by atoms with van der Waals surface area (Å²) < 4.78 is 31.2. The Hall–Kier alpha value is -1.80. The van der Waals surface area contributed by atoms with Gasteiger partial charge in [-0.1, -0.05) is 0 Å². The Balaban J connectivity index is 2.78. The molecule has 104 valence electrons. The fourth-order valence-corrected chi connectivity index (χ4v) is 2.94. The highest BCUT2D eigenvalue weighted by Gasteiger charge is 2.28. The lowest BCUT2D eigenvalue weighted by atomic mass is 10.0. The Labute approximate surface area is 110 Å². The molecule has 0 aliphatic carbocycles. The topological polar surface area (TPSA) is 119 Å². The maximum Gasteiger partial charge on any atom is 0.339 e. The van der Waals surface area contributed by atoms with Gasteiger partial charge in [0.2, 0.25) is 10.0 Å². The third kappa shape index (κ3) is 2.24. The summed E-state index contributed by atoms with van der Waals surface area (Å²) in [5.74, 6) is -1.07. The molecule has 0 saturated heterocycles. The number of sulfonamides is 1. The quantitative estimate of drug-likeness (QED) is 0.683. The summed E-state index contributed by atoms with van der Waals surface area (Å²) in [6, 6.07) is 1.04. The van der Waals surface area contributed by atoms with Crippen LogP contribution in [-0.4, -0.2) is 33.1 Å². The van der Waals surface area contributed by atoms with Crippen molar-refractivity contribution in [2.24, 2.45) is 0 Å². The number of nitrogens with two attached hydrogens (primary N) is 1. The van der Waals surface area contributed by atoms with Crippen molar-refractivity contribution in [1.82, 2.24) is 4.72 Å². The number of nitrogens with one attached hydrogen (secondary N) is 1. The smallest absolute Gasteiger partial charge is 0.339 e. The lowest BCUT2D eigenvalue weighted by molar-refractivity contribution is 0.0691. The molecule has 1 aromatic carbocycles. The van der Waals surface area contributed by atoms with Gasteiger partial charge in [0, 0.05) is 5.56 Å². The van der Waals surface area contributed by atoms with Crippen molar-refractivity contribution in [1.29, 1.82) is 0 Å². The second kappa shape index (κ2) is 4.71. The highest BCUT2D eigenvalue weighted by atomic mass is 32.2. The molecule has 0 spiro atoms. The Kier molecular flexibility index (Phi) is 3.38. The Morgan fingerprint density at radius 3 is 2.79 bits per heavy atom. The predicted molar refractivity (Wildman–Crippen MR) is 67.9 cm³/mol. The lowest BCUT2D eigenvalue weighted by Gasteiger charge is -2.22. The van der Waals surface area contributed by atoms with Gasteiger partial charge in [-0.15, -0.1) is 0 Å². The normalized spacial score (nSPS) is 14.6. The van der Waals surface area contributed by atoms with Crippen molar-refractivity contribution in [3.05, 3.63) is 17.2 Å². The van der Waals surface area contributed by atoms with Crippen molar-refractivity contribution in [3.8, 4) is 5.75 Å². The van der Waals surface area contributed by atoms with Crippen LogP contribution in [0, 0.1) is 0 Å². The van der Waals surface area contributed by atoms with Crippen molar-refractivity contribution in [2.45, 2.75) is 17.7 Å². The number of anilines is 1. The second-order valence-electron chi connectivity index (χ2n) is 4.11. The Morgan fingerprint density at radius 2 is 2.21 bits per heavy atom. The van der Waals surface area contributed by atoms with E-state index >= 15 is 0 Å². The van der Waals surface area contributed by atoms with Crippen LogP contribution in [0.5, 0.6) is 5.75 Å². The molecule has 1 aromatic rings. The van der Waals surface area contributed by atoms with Gasteiger partial charge in [0.1, 0.15) is 16.2 Å². The number of fused-ring (bicyclic) bond motifs is 1. The van der Waals surface area contributed by atoms with Crippen LogP contribution < -0.4 is 15.2 Å². The number of carboxylic acids is 1. The van der Waals surface area contributed by atoms with E-state index in [4.69, 9.17) is 15.6 Å². The monoisotopic (exact) mass is 286 g/mol. The van der Waals surface area contributed by atoms with E-state index < -0.39 is 16.0 Å². The average Bonchev–Trinajstić information content (AvgIpc) is 2.38.